The number of anilines is 5. The molecule has 0 saturated carbocycles. The molecule has 2 bridgehead atoms. The predicted molar refractivity (Wildman–Crippen MR) is 127 cm³/mol. The van der Waals surface area contributed by atoms with Gasteiger partial charge >= 0.3 is 5.76 Å². The van der Waals surface area contributed by atoms with Gasteiger partial charge in [-0.2, -0.15) is 4.98 Å². The number of aromatic amines is 1. The maximum absolute atomic E-state index is 14.9. The minimum absolute atomic E-state index is 0.307. The number of likely N-dealkylation sites (tertiary alicyclic amines) is 1. The van der Waals surface area contributed by atoms with Crippen LogP contribution < -0.4 is 21.3 Å². The zero-order valence-electron chi connectivity index (χ0n) is 18.7. The Labute approximate surface area is 193 Å². The van der Waals surface area contributed by atoms with Crippen LogP contribution in [0.4, 0.5) is 33.3 Å². The average molecular weight is 462 g/mol. The molecule has 3 aromatic heterocycles. The summed E-state index contributed by atoms with van der Waals surface area (Å²) in [6.45, 7) is 3.61. The van der Waals surface area contributed by atoms with Gasteiger partial charge in [0.1, 0.15) is 5.82 Å². The second-order valence-electron chi connectivity index (χ2n) is 8.87. The van der Waals surface area contributed by atoms with E-state index in [1.54, 1.807) is 30.6 Å². The molecule has 174 valence electrons. The van der Waals surface area contributed by atoms with Crippen molar-refractivity contribution in [3.63, 3.8) is 0 Å². The highest BCUT2D eigenvalue weighted by atomic mass is 19.1. The minimum Gasteiger partial charge on any atom is -0.408 e. The quantitative estimate of drug-likeness (QED) is 0.411. The topological polar surface area (TPSA) is 115 Å². The van der Waals surface area contributed by atoms with Gasteiger partial charge in [0.25, 0.3) is 0 Å². The van der Waals surface area contributed by atoms with E-state index in [1.807, 2.05) is 6.92 Å². The number of pyridine rings is 1. The summed E-state index contributed by atoms with van der Waals surface area (Å²) in [6, 6.07) is 7.45. The lowest BCUT2D eigenvalue weighted by atomic mass is 10.2. The standard InChI is InChI=1S/C23H23FN8O2/c1-12-8-26-22(30-20(12)27-13-3-4-19-18(6-13)29-23(33)34-19)28-14-5-17(24)21(25-9-14)32-11-15-7-16(32)10-31(15)2/h3-6,8-9,15-16H,7,10-11H2,1-2H3,(H,29,33)(H2,26,27,28,30)/t15-,16-/m0/s1. The summed E-state index contributed by atoms with van der Waals surface area (Å²) >= 11 is 0. The van der Waals surface area contributed by atoms with E-state index < -0.39 is 5.76 Å². The number of rotatable bonds is 5. The lowest BCUT2D eigenvalue weighted by molar-refractivity contribution is 0.291. The van der Waals surface area contributed by atoms with Gasteiger partial charge in [-0.15, -0.1) is 0 Å². The van der Waals surface area contributed by atoms with Gasteiger partial charge in [-0.3, -0.25) is 9.88 Å². The first-order chi connectivity index (χ1) is 16.4. The number of H-pyrrole nitrogens is 1. The maximum atomic E-state index is 14.9. The molecule has 2 aliphatic heterocycles. The van der Waals surface area contributed by atoms with Gasteiger partial charge in [0.2, 0.25) is 5.95 Å². The lowest BCUT2D eigenvalue weighted by Gasteiger charge is -2.32. The second kappa shape index (κ2) is 7.80. The zero-order chi connectivity index (χ0) is 23.4. The zero-order valence-corrected chi connectivity index (χ0v) is 18.7. The van der Waals surface area contributed by atoms with E-state index in [9.17, 15) is 9.18 Å². The number of oxazole rings is 1. The molecular formula is C23H23FN8O2. The molecule has 0 aliphatic carbocycles. The molecule has 5 heterocycles. The van der Waals surface area contributed by atoms with E-state index in [0.717, 1.165) is 30.8 Å². The molecule has 11 heteroatoms. The Kier molecular flexibility index (Phi) is 4.73. The highest BCUT2D eigenvalue weighted by Crippen LogP contribution is 2.34. The molecule has 3 N–H and O–H groups in total. The first-order valence-corrected chi connectivity index (χ1v) is 11.1. The third-order valence-corrected chi connectivity index (χ3v) is 6.52. The van der Waals surface area contributed by atoms with Crippen molar-refractivity contribution in [2.45, 2.75) is 25.4 Å². The van der Waals surface area contributed by atoms with E-state index in [2.05, 4.69) is 47.4 Å². The Morgan fingerprint density at radius 1 is 1.12 bits per heavy atom. The number of fused-ring (bicyclic) bond motifs is 3. The van der Waals surface area contributed by atoms with Gasteiger partial charge in [-0.1, -0.05) is 0 Å². The second-order valence-corrected chi connectivity index (χ2v) is 8.87. The summed E-state index contributed by atoms with van der Waals surface area (Å²) in [7, 11) is 2.11. The fourth-order valence-corrected chi connectivity index (χ4v) is 4.76. The van der Waals surface area contributed by atoms with Crippen molar-refractivity contribution in [2.24, 2.45) is 0 Å². The van der Waals surface area contributed by atoms with Crippen molar-refractivity contribution in [3.8, 4) is 0 Å². The Balaban J connectivity index is 1.20. The molecule has 0 unspecified atom stereocenters. The van der Waals surface area contributed by atoms with Crippen LogP contribution in [0.15, 0.2) is 45.9 Å². The minimum atomic E-state index is -0.506. The van der Waals surface area contributed by atoms with E-state index in [0.29, 0.717) is 46.5 Å². The first-order valence-electron chi connectivity index (χ1n) is 11.1. The molecular weight excluding hydrogens is 439 g/mol. The molecule has 1 aromatic carbocycles. The fraction of sp³-hybridized carbons (Fsp3) is 0.304. The normalized spacial score (nSPS) is 19.8. The molecule has 6 rings (SSSR count). The maximum Gasteiger partial charge on any atom is 0.417 e. The van der Waals surface area contributed by atoms with Crippen LogP contribution in [0.3, 0.4) is 0 Å². The molecule has 0 amide bonds. The van der Waals surface area contributed by atoms with Gasteiger partial charge in [-0.25, -0.2) is 19.2 Å². The Hall–Kier alpha value is -3.99. The molecule has 2 aliphatic rings. The molecule has 0 radical (unpaired) electrons. The molecule has 0 spiro atoms. The van der Waals surface area contributed by atoms with Crippen LogP contribution in [0.1, 0.15) is 12.0 Å². The van der Waals surface area contributed by atoms with Crippen molar-refractivity contribution >= 4 is 40.1 Å². The van der Waals surface area contributed by atoms with Crippen LogP contribution in [0.25, 0.3) is 11.1 Å². The van der Waals surface area contributed by atoms with Crippen molar-refractivity contribution in [1.82, 2.24) is 24.8 Å². The molecule has 4 aromatic rings. The number of piperazine rings is 1. The van der Waals surface area contributed by atoms with Gasteiger partial charge < -0.3 is 20.0 Å². The number of nitrogens with one attached hydrogen (secondary N) is 3. The molecule has 2 atom stereocenters. The molecule has 10 nitrogen and oxygen atoms in total. The van der Waals surface area contributed by atoms with Crippen molar-refractivity contribution < 1.29 is 8.81 Å². The summed E-state index contributed by atoms with van der Waals surface area (Å²) in [4.78, 5) is 31.6. The predicted octanol–water partition coefficient (Wildman–Crippen LogP) is 3.13. The first kappa shape index (κ1) is 20.6. The summed E-state index contributed by atoms with van der Waals surface area (Å²) in [5.41, 5.74) is 3.07. The van der Waals surface area contributed by atoms with Crippen LogP contribution >= 0.6 is 0 Å². The van der Waals surface area contributed by atoms with E-state index in [-0.39, 0.29) is 5.82 Å². The molecule has 34 heavy (non-hydrogen) atoms. The monoisotopic (exact) mass is 462 g/mol. The van der Waals surface area contributed by atoms with Crippen LogP contribution in [0, 0.1) is 12.7 Å². The van der Waals surface area contributed by atoms with Crippen molar-refractivity contribution in [3.05, 3.63) is 58.6 Å². The molecule has 2 saturated heterocycles. The number of halogens is 1. The van der Waals surface area contributed by atoms with Gasteiger partial charge in [-0.05, 0) is 38.6 Å². The Morgan fingerprint density at radius 2 is 2.00 bits per heavy atom. The van der Waals surface area contributed by atoms with Crippen LogP contribution in [-0.2, 0) is 0 Å². The van der Waals surface area contributed by atoms with E-state index in [1.165, 1.54) is 6.07 Å². The van der Waals surface area contributed by atoms with Crippen molar-refractivity contribution in [1.29, 1.82) is 0 Å². The smallest absolute Gasteiger partial charge is 0.408 e. The number of hydrogen-bond donors (Lipinski definition) is 3. The highest BCUT2D eigenvalue weighted by Gasteiger charge is 2.42. The van der Waals surface area contributed by atoms with Gasteiger partial charge in [0, 0.05) is 48.7 Å². The SMILES string of the molecule is Cc1cnc(Nc2cnc(N3C[C@@H]4C[C@H]3CN4C)c(F)c2)nc1Nc1ccc2oc(=O)[nH]c2c1. The number of benzene rings is 1. The molecule has 2 fully saturated rings. The van der Waals surface area contributed by atoms with Gasteiger partial charge in [0.05, 0.1) is 17.4 Å². The third-order valence-electron chi connectivity index (χ3n) is 6.52. The summed E-state index contributed by atoms with van der Waals surface area (Å²) in [5.74, 6) is 0.402. The fourth-order valence-electron chi connectivity index (χ4n) is 4.76. The third kappa shape index (κ3) is 3.63. The number of likely N-dealkylation sites (N-methyl/N-ethyl adjacent to an activating group) is 1. The number of hydrogen-bond acceptors (Lipinski definition) is 9. The number of aromatic nitrogens is 4. The average Bonchev–Trinajstić information content (AvgIpc) is 3.48. The largest absolute Gasteiger partial charge is 0.417 e. The number of aryl methyl sites for hydroxylation is 1. The summed E-state index contributed by atoms with van der Waals surface area (Å²) in [6.07, 6.45) is 4.33. The van der Waals surface area contributed by atoms with Crippen LogP contribution in [-0.4, -0.2) is 57.1 Å². The highest BCUT2D eigenvalue weighted by molar-refractivity contribution is 5.78. The van der Waals surface area contributed by atoms with Crippen molar-refractivity contribution in [2.75, 3.05) is 35.7 Å². The number of nitrogens with zero attached hydrogens (tertiary/aromatic N) is 5. The Morgan fingerprint density at radius 3 is 2.76 bits per heavy atom. The lowest BCUT2D eigenvalue weighted by Crippen LogP contribution is -2.45. The summed E-state index contributed by atoms with van der Waals surface area (Å²) < 4.78 is 20.0. The van der Waals surface area contributed by atoms with Gasteiger partial charge in [0.15, 0.2) is 17.2 Å². The van der Waals surface area contributed by atoms with E-state index >= 15 is 0 Å². The van der Waals surface area contributed by atoms with Crippen LogP contribution in [0.5, 0.6) is 0 Å². The Bertz CT molecular complexity index is 1450. The summed E-state index contributed by atoms with van der Waals surface area (Å²) in [5, 5.41) is 6.26. The van der Waals surface area contributed by atoms with Crippen LogP contribution in [0.2, 0.25) is 0 Å². The van der Waals surface area contributed by atoms with E-state index in [4.69, 9.17) is 4.42 Å².